The van der Waals surface area contributed by atoms with Gasteiger partial charge in [0.15, 0.2) is 5.78 Å². The fraction of sp³-hybridized carbons (Fsp3) is 0.600. The van der Waals surface area contributed by atoms with Crippen LogP contribution in [0.15, 0.2) is 35.2 Å². The van der Waals surface area contributed by atoms with Crippen LogP contribution in [0.1, 0.15) is 94.8 Å². The minimum absolute atomic E-state index is 0.217. The van der Waals surface area contributed by atoms with Crippen molar-refractivity contribution in [2.24, 2.45) is 0 Å². The zero-order valence-electron chi connectivity index (χ0n) is 18.8. The number of rotatable bonds is 17. The first-order valence-electron chi connectivity index (χ1n) is 11.5. The number of ketones is 1. The van der Waals surface area contributed by atoms with E-state index in [4.69, 9.17) is 4.74 Å². The van der Waals surface area contributed by atoms with Crippen molar-refractivity contribution in [2.45, 2.75) is 89.4 Å². The highest BCUT2D eigenvalue weighted by molar-refractivity contribution is 7.80. The minimum Gasteiger partial charge on any atom is -0.492 e. The van der Waals surface area contributed by atoms with Crippen molar-refractivity contribution in [1.82, 2.24) is 5.32 Å². The maximum absolute atomic E-state index is 12.3. The molecule has 0 saturated carbocycles. The highest BCUT2D eigenvalue weighted by atomic mass is 32.1. The molecule has 0 saturated heterocycles. The van der Waals surface area contributed by atoms with E-state index < -0.39 is 0 Å². The van der Waals surface area contributed by atoms with Crippen molar-refractivity contribution in [3.05, 3.63) is 35.9 Å². The molecule has 1 rings (SSSR count). The van der Waals surface area contributed by atoms with Crippen molar-refractivity contribution in [1.29, 1.82) is 0 Å². The Balaban J connectivity index is 2.33. The van der Waals surface area contributed by atoms with Crippen LogP contribution in [0.4, 0.5) is 0 Å². The van der Waals surface area contributed by atoms with Gasteiger partial charge in [0.1, 0.15) is 5.75 Å². The maximum Gasteiger partial charge on any atom is 0.244 e. The predicted octanol–water partition coefficient (Wildman–Crippen LogP) is 6.54. The minimum atomic E-state index is -0.231. The molecule has 30 heavy (non-hydrogen) atoms. The largest absolute Gasteiger partial charge is 0.492 e. The highest BCUT2D eigenvalue weighted by Gasteiger charge is 2.07. The second kappa shape index (κ2) is 17.0. The van der Waals surface area contributed by atoms with Crippen molar-refractivity contribution >= 4 is 24.3 Å². The lowest BCUT2D eigenvalue weighted by atomic mass is 10.1. The van der Waals surface area contributed by atoms with Crippen LogP contribution >= 0.6 is 12.6 Å². The summed E-state index contributed by atoms with van der Waals surface area (Å²) in [5.74, 6) is 0.239. The molecule has 0 aliphatic rings. The van der Waals surface area contributed by atoms with Gasteiger partial charge in [0, 0.05) is 23.1 Å². The summed E-state index contributed by atoms with van der Waals surface area (Å²) in [6.45, 7) is 5.70. The molecule has 0 heterocycles. The SMILES string of the molecule is CCCCCCCCNC(=O)C=CC(=O)c1ccc(OCCCCCCC)c(S)c1. The Hall–Kier alpha value is -1.75. The van der Waals surface area contributed by atoms with Crippen LogP contribution in [0.2, 0.25) is 0 Å². The molecule has 4 nitrogen and oxygen atoms in total. The Labute approximate surface area is 188 Å². The molecule has 168 valence electrons. The molecule has 0 aliphatic carbocycles. The standard InChI is InChI=1S/C25H39NO3S/c1-3-5-7-9-10-12-18-26-25(28)17-15-22(27)21-14-16-23(24(30)20-21)29-19-13-11-8-6-4-2/h14-17,20,30H,3-13,18-19H2,1-2H3,(H,26,28). The third-order valence-electron chi connectivity index (χ3n) is 4.96. The van der Waals surface area contributed by atoms with E-state index in [1.165, 1.54) is 57.1 Å². The van der Waals surface area contributed by atoms with Gasteiger partial charge in [-0.3, -0.25) is 9.59 Å². The summed E-state index contributed by atoms with van der Waals surface area (Å²) in [6.07, 6.45) is 15.6. The van der Waals surface area contributed by atoms with Gasteiger partial charge < -0.3 is 10.1 Å². The van der Waals surface area contributed by atoms with Gasteiger partial charge in [0.25, 0.3) is 0 Å². The molecule has 1 amide bonds. The number of hydrogen-bond acceptors (Lipinski definition) is 4. The Morgan fingerprint density at radius 3 is 2.20 bits per heavy atom. The van der Waals surface area contributed by atoms with E-state index in [1.807, 2.05) is 0 Å². The fourth-order valence-corrected chi connectivity index (χ4v) is 3.38. The maximum atomic E-state index is 12.3. The van der Waals surface area contributed by atoms with Crippen LogP contribution in [-0.2, 0) is 4.79 Å². The third kappa shape index (κ3) is 12.1. The van der Waals surface area contributed by atoms with Gasteiger partial charge in [0.05, 0.1) is 6.61 Å². The van der Waals surface area contributed by atoms with E-state index >= 15 is 0 Å². The number of thiol groups is 1. The first kappa shape index (κ1) is 26.3. The van der Waals surface area contributed by atoms with Gasteiger partial charge in [-0.25, -0.2) is 0 Å². The molecule has 0 radical (unpaired) electrons. The molecule has 1 aromatic rings. The summed E-state index contributed by atoms with van der Waals surface area (Å²) in [6, 6.07) is 5.18. The van der Waals surface area contributed by atoms with E-state index in [1.54, 1.807) is 18.2 Å². The smallest absolute Gasteiger partial charge is 0.244 e. The molecular weight excluding hydrogens is 394 g/mol. The first-order chi connectivity index (χ1) is 14.6. The molecule has 0 unspecified atom stereocenters. The molecule has 0 bridgehead atoms. The first-order valence-corrected chi connectivity index (χ1v) is 12.0. The summed E-state index contributed by atoms with van der Waals surface area (Å²) in [4.78, 5) is 24.8. The normalized spacial score (nSPS) is 11.0. The third-order valence-corrected chi connectivity index (χ3v) is 5.31. The van der Waals surface area contributed by atoms with Crippen molar-refractivity contribution in [3.8, 4) is 5.75 Å². The average molecular weight is 434 g/mol. The van der Waals surface area contributed by atoms with Gasteiger partial charge in [-0.1, -0.05) is 71.6 Å². The Bertz CT molecular complexity index is 658. The average Bonchev–Trinajstić information content (AvgIpc) is 2.74. The van der Waals surface area contributed by atoms with Crippen LogP contribution in [0.25, 0.3) is 0 Å². The van der Waals surface area contributed by atoms with E-state index in [9.17, 15) is 9.59 Å². The molecule has 1 N–H and O–H groups in total. The number of unbranched alkanes of at least 4 members (excludes halogenated alkanes) is 9. The van der Waals surface area contributed by atoms with Gasteiger partial charge in [-0.2, -0.15) is 0 Å². The second-order valence-electron chi connectivity index (χ2n) is 7.70. The van der Waals surface area contributed by atoms with Crippen LogP contribution in [0, 0.1) is 0 Å². The molecule has 5 heteroatoms. The Kier molecular flexibility index (Phi) is 14.9. The van der Waals surface area contributed by atoms with Crippen LogP contribution in [0.3, 0.4) is 0 Å². The molecule has 0 aliphatic heterocycles. The number of hydrogen-bond donors (Lipinski definition) is 2. The van der Waals surface area contributed by atoms with Crippen LogP contribution in [-0.4, -0.2) is 24.8 Å². The van der Waals surface area contributed by atoms with E-state index in [0.717, 1.165) is 25.7 Å². The number of carbonyl (C=O) groups excluding carboxylic acids is 2. The quantitative estimate of drug-likeness (QED) is 0.127. The summed E-state index contributed by atoms with van der Waals surface area (Å²) in [5, 5.41) is 2.83. The number of ether oxygens (including phenoxy) is 1. The summed E-state index contributed by atoms with van der Waals surface area (Å²) >= 11 is 4.44. The molecule has 1 aromatic carbocycles. The van der Waals surface area contributed by atoms with Gasteiger partial charge >= 0.3 is 0 Å². The Morgan fingerprint density at radius 1 is 0.900 bits per heavy atom. The summed E-state index contributed by atoms with van der Waals surface area (Å²) < 4.78 is 5.77. The lowest BCUT2D eigenvalue weighted by molar-refractivity contribution is -0.116. The van der Waals surface area contributed by atoms with E-state index in [0.29, 0.717) is 29.4 Å². The van der Waals surface area contributed by atoms with E-state index in [-0.39, 0.29) is 11.7 Å². The lowest BCUT2D eigenvalue weighted by Crippen LogP contribution is -2.22. The second-order valence-corrected chi connectivity index (χ2v) is 8.18. The predicted molar refractivity (Wildman–Crippen MR) is 128 cm³/mol. The Morgan fingerprint density at radius 2 is 1.53 bits per heavy atom. The zero-order chi connectivity index (χ0) is 22.0. The van der Waals surface area contributed by atoms with Crippen molar-refractivity contribution in [3.63, 3.8) is 0 Å². The molecular formula is C25H39NO3S. The number of carbonyl (C=O) groups is 2. The van der Waals surface area contributed by atoms with Crippen LogP contribution in [0.5, 0.6) is 5.75 Å². The van der Waals surface area contributed by atoms with Gasteiger partial charge in [-0.05, 0) is 37.1 Å². The highest BCUT2D eigenvalue weighted by Crippen LogP contribution is 2.24. The van der Waals surface area contributed by atoms with Crippen LogP contribution < -0.4 is 10.1 Å². The summed E-state index contributed by atoms with van der Waals surface area (Å²) in [5.41, 5.74) is 0.496. The zero-order valence-corrected chi connectivity index (χ0v) is 19.6. The lowest BCUT2D eigenvalue weighted by Gasteiger charge is -2.09. The molecule has 0 fully saturated rings. The van der Waals surface area contributed by atoms with Gasteiger partial charge in [-0.15, -0.1) is 12.6 Å². The van der Waals surface area contributed by atoms with Crippen molar-refractivity contribution < 1.29 is 14.3 Å². The molecule has 0 atom stereocenters. The van der Waals surface area contributed by atoms with Crippen molar-refractivity contribution in [2.75, 3.05) is 13.2 Å². The fourth-order valence-electron chi connectivity index (χ4n) is 3.10. The monoisotopic (exact) mass is 433 g/mol. The number of nitrogens with one attached hydrogen (secondary N) is 1. The number of benzene rings is 1. The molecule has 0 spiro atoms. The van der Waals surface area contributed by atoms with Gasteiger partial charge in [0.2, 0.25) is 5.91 Å². The summed E-state index contributed by atoms with van der Waals surface area (Å²) in [7, 11) is 0. The number of allylic oxidation sites excluding steroid dienone is 1. The number of amides is 1. The topological polar surface area (TPSA) is 55.4 Å². The van der Waals surface area contributed by atoms with E-state index in [2.05, 4.69) is 31.8 Å². The molecule has 0 aromatic heterocycles.